The van der Waals surface area contributed by atoms with Crippen molar-refractivity contribution in [3.05, 3.63) is 34.9 Å². The molecule has 1 aromatic rings. The highest BCUT2D eigenvalue weighted by atomic mass is 35.5. The van der Waals surface area contributed by atoms with Crippen molar-refractivity contribution in [2.45, 2.75) is 18.9 Å². The summed E-state index contributed by atoms with van der Waals surface area (Å²) in [6.45, 7) is 2.08. The van der Waals surface area contributed by atoms with Gasteiger partial charge in [0, 0.05) is 31.3 Å². The fraction of sp³-hybridized carbons (Fsp3) is 0.588. The van der Waals surface area contributed by atoms with Crippen molar-refractivity contribution in [3.63, 3.8) is 0 Å². The third-order valence-electron chi connectivity index (χ3n) is 4.39. The number of aliphatic hydroxyl groups is 1. The maximum atomic E-state index is 12.4. The van der Waals surface area contributed by atoms with Crippen LogP contribution in [0.3, 0.4) is 0 Å². The maximum absolute atomic E-state index is 12.4. The molecule has 1 aliphatic rings. The van der Waals surface area contributed by atoms with Crippen LogP contribution in [0.25, 0.3) is 0 Å². The molecule has 128 valence electrons. The average Bonchev–Trinajstić information content (AvgIpc) is 2.56. The third-order valence-corrected chi connectivity index (χ3v) is 4.64. The molecule has 0 spiro atoms. The van der Waals surface area contributed by atoms with Crippen molar-refractivity contribution < 1.29 is 9.90 Å². The second kappa shape index (κ2) is 8.52. The second-order valence-corrected chi connectivity index (χ2v) is 6.79. The highest BCUT2D eigenvalue weighted by molar-refractivity contribution is 6.30. The van der Waals surface area contributed by atoms with E-state index < -0.39 is 0 Å². The Morgan fingerprint density at radius 3 is 2.74 bits per heavy atom. The predicted molar refractivity (Wildman–Crippen MR) is 92.7 cm³/mol. The summed E-state index contributed by atoms with van der Waals surface area (Å²) in [4.78, 5) is 16.2. The van der Waals surface area contributed by atoms with E-state index in [1.54, 1.807) is 4.90 Å². The molecule has 1 heterocycles. The Kier molecular flexibility index (Phi) is 6.69. The van der Waals surface area contributed by atoms with Gasteiger partial charge in [-0.15, -0.1) is 0 Å². The lowest BCUT2D eigenvalue weighted by Gasteiger charge is -2.33. The predicted octanol–water partition coefficient (Wildman–Crippen LogP) is 2.36. The monoisotopic (exact) mass is 339 g/mol. The summed E-state index contributed by atoms with van der Waals surface area (Å²) in [6.07, 6.45) is 1.94. The van der Waals surface area contributed by atoms with Crippen LogP contribution in [-0.2, 0) is 0 Å². The molecule has 0 saturated carbocycles. The summed E-state index contributed by atoms with van der Waals surface area (Å²) in [5.74, 6) is 0.204. The third kappa shape index (κ3) is 5.09. The van der Waals surface area contributed by atoms with Crippen LogP contribution < -0.4 is 5.32 Å². The number of halogens is 1. The number of aliphatic hydroxyl groups excluding tert-OH is 1. The minimum absolute atomic E-state index is 0.0519. The fourth-order valence-corrected chi connectivity index (χ4v) is 3.10. The number of likely N-dealkylation sites (N-methyl/N-ethyl adjacent to an activating group) is 1. The minimum atomic E-state index is -0.0519. The van der Waals surface area contributed by atoms with Crippen molar-refractivity contribution in [1.29, 1.82) is 0 Å². The zero-order chi connectivity index (χ0) is 16.8. The van der Waals surface area contributed by atoms with Gasteiger partial charge in [0.1, 0.15) is 0 Å². The Morgan fingerprint density at radius 2 is 2.13 bits per heavy atom. The Bertz CT molecular complexity index is 507. The van der Waals surface area contributed by atoms with E-state index in [1.807, 2.05) is 38.4 Å². The van der Waals surface area contributed by atoms with Gasteiger partial charge in [0.2, 0.25) is 0 Å². The SMILES string of the molecule is CN(C)[C@@H](CNC(=O)N1CCC[C@@H](CO)C1)c1ccc(Cl)cc1. The first kappa shape index (κ1) is 18.0. The first-order valence-electron chi connectivity index (χ1n) is 8.06. The van der Waals surface area contributed by atoms with E-state index in [0.29, 0.717) is 18.1 Å². The number of hydrogen-bond acceptors (Lipinski definition) is 3. The Balaban J connectivity index is 1.93. The second-order valence-electron chi connectivity index (χ2n) is 6.35. The maximum Gasteiger partial charge on any atom is 0.317 e. The van der Waals surface area contributed by atoms with E-state index in [2.05, 4.69) is 10.2 Å². The smallest absolute Gasteiger partial charge is 0.317 e. The van der Waals surface area contributed by atoms with Gasteiger partial charge < -0.3 is 20.2 Å². The summed E-state index contributed by atoms with van der Waals surface area (Å²) >= 11 is 5.94. The zero-order valence-electron chi connectivity index (χ0n) is 13.8. The summed E-state index contributed by atoms with van der Waals surface area (Å²) < 4.78 is 0. The summed E-state index contributed by atoms with van der Waals surface area (Å²) in [5.41, 5.74) is 1.12. The average molecular weight is 340 g/mol. The van der Waals surface area contributed by atoms with Gasteiger partial charge >= 0.3 is 6.03 Å². The highest BCUT2D eigenvalue weighted by Crippen LogP contribution is 2.20. The van der Waals surface area contributed by atoms with Crippen molar-refractivity contribution in [2.24, 2.45) is 5.92 Å². The molecule has 0 aliphatic carbocycles. The van der Waals surface area contributed by atoms with E-state index >= 15 is 0 Å². The number of amides is 2. The number of nitrogens with zero attached hydrogens (tertiary/aromatic N) is 2. The molecule has 23 heavy (non-hydrogen) atoms. The number of carbonyl (C=O) groups excluding carboxylic acids is 1. The van der Waals surface area contributed by atoms with Gasteiger partial charge in [-0.05, 0) is 50.6 Å². The fourth-order valence-electron chi connectivity index (χ4n) is 2.98. The lowest BCUT2D eigenvalue weighted by Crippen LogP contribution is -2.47. The zero-order valence-corrected chi connectivity index (χ0v) is 14.6. The molecule has 2 atom stereocenters. The lowest BCUT2D eigenvalue weighted by molar-refractivity contribution is 0.128. The van der Waals surface area contributed by atoms with Gasteiger partial charge in [0.15, 0.2) is 0 Å². The van der Waals surface area contributed by atoms with Gasteiger partial charge in [0.05, 0.1) is 6.04 Å². The Morgan fingerprint density at radius 1 is 1.43 bits per heavy atom. The van der Waals surface area contributed by atoms with E-state index in [-0.39, 0.29) is 24.6 Å². The lowest BCUT2D eigenvalue weighted by atomic mass is 9.99. The van der Waals surface area contributed by atoms with Crippen LogP contribution in [-0.4, -0.2) is 61.3 Å². The van der Waals surface area contributed by atoms with Crippen LogP contribution in [0.1, 0.15) is 24.4 Å². The molecule has 0 unspecified atom stereocenters. The van der Waals surface area contributed by atoms with Gasteiger partial charge in [-0.2, -0.15) is 0 Å². The highest BCUT2D eigenvalue weighted by Gasteiger charge is 2.24. The molecule has 1 aliphatic heterocycles. The number of piperidine rings is 1. The van der Waals surface area contributed by atoms with E-state index in [9.17, 15) is 9.90 Å². The normalized spacial score (nSPS) is 19.7. The van der Waals surface area contributed by atoms with Crippen LogP contribution >= 0.6 is 11.6 Å². The topological polar surface area (TPSA) is 55.8 Å². The molecular weight excluding hydrogens is 314 g/mol. The van der Waals surface area contributed by atoms with Gasteiger partial charge in [-0.1, -0.05) is 23.7 Å². The van der Waals surface area contributed by atoms with Crippen molar-refractivity contribution in [2.75, 3.05) is 40.3 Å². The molecule has 1 fully saturated rings. The Hall–Kier alpha value is -1.30. The molecule has 5 nitrogen and oxygen atoms in total. The summed E-state index contributed by atoms with van der Waals surface area (Å²) in [7, 11) is 3.99. The quantitative estimate of drug-likeness (QED) is 0.866. The van der Waals surface area contributed by atoms with Crippen LogP contribution in [0, 0.1) is 5.92 Å². The van der Waals surface area contributed by atoms with Crippen LogP contribution in [0.5, 0.6) is 0 Å². The minimum Gasteiger partial charge on any atom is -0.396 e. The molecule has 1 saturated heterocycles. The standard InChI is InChI=1S/C17H26ClN3O2/c1-20(2)16(14-5-7-15(18)8-6-14)10-19-17(23)21-9-3-4-13(11-21)12-22/h5-8,13,16,22H,3-4,9-12H2,1-2H3,(H,19,23)/t13-,16+/m1/s1. The van der Waals surface area contributed by atoms with Gasteiger partial charge in [-0.3, -0.25) is 0 Å². The van der Waals surface area contributed by atoms with Crippen LogP contribution in [0.2, 0.25) is 5.02 Å². The molecule has 1 aromatic carbocycles. The van der Waals surface area contributed by atoms with Crippen LogP contribution in [0.4, 0.5) is 4.79 Å². The number of carbonyl (C=O) groups is 1. The van der Waals surface area contributed by atoms with E-state index in [4.69, 9.17) is 11.6 Å². The van der Waals surface area contributed by atoms with Crippen molar-refractivity contribution in [3.8, 4) is 0 Å². The first-order chi connectivity index (χ1) is 11.0. The number of urea groups is 1. The molecule has 0 aromatic heterocycles. The number of likely N-dealkylation sites (tertiary alicyclic amines) is 1. The number of nitrogens with one attached hydrogen (secondary N) is 1. The molecule has 2 rings (SSSR count). The summed E-state index contributed by atoms with van der Waals surface area (Å²) in [6, 6.07) is 7.75. The van der Waals surface area contributed by atoms with Gasteiger partial charge in [0.25, 0.3) is 0 Å². The van der Waals surface area contributed by atoms with E-state index in [1.165, 1.54) is 0 Å². The molecule has 2 N–H and O–H groups in total. The van der Waals surface area contributed by atoms with Crippen molar-refractivity contribution in [1.82, 2.24) is 15.1 Å². The molecule has 0 radical (unpaired) electrons. The first-order valence-corrected chi connectivity index (χ1v) is 8.44. The van der Waals surface area contributed by atoms with Crippen LogP contribution in [0.15, 0.2) is 24.3 Å². The summed E-state index contributed by atoms with van der Waals surface area (Å²) in [5, 5.41) is 13.0. The Labute approximate surface area is 143 Å². The van der Waals surface area contributed by atoms with Crippen molar-refractivity contribution >= 4 is 17.6 Å². The number of hydrogen-bond donors (Lipinski definition) is 2. The van der Waals surface area contributed by atoms with Gasteiger partial charge in [-0.25, -0.2) is 4.79 Å². The largest absolute Gasteiger partial charge is 0.396 e. The molecule has 0 bridgehead atoms. The molecule has 2 amide bonds. The molecular formula is C17H26ClN3O2. The molecule has 6 heteroatoms. The number of rotatable bonds is 5. The van der Waals surface area contributed by atoms with E-state index in [0.717, 1.165) is 24.9 Å². The number of benzene rings is 1.